The van der Waals surface area contributed by atoms with Crippen LogP contribution in [0.25, 0.3) is 0 Å². The minimum Gasteiger partial charge on any atom is -0.354 e. The monoisotopic (exact) mass is 373 g/mol. The second-order valence-electron chi connectivity index (χ2n) is 6.36. The van der Waals surface area contributed by atoms with Crippen molar-refractivity contribution < 1.29 is 9.59 Å². The van der Waals surface area contributed by atoms with Gasteiger partial charge in [0.15, 0.2) is 0 Å². The van der Waals surface area contributed by atoms with Gasteiger partial charge in [-0.05, 0) is 42.2 Å². The molecule has 1 atom stereocenters. The number of anilines is 1. The fourth-order valence-corrected chi connectivity index (χ4v) is 2.71. The fourth-order valence-electron chi connectivity index (χ4n) is 2.50. The van der Waals surface area contributed by atoms with Crippen molar-refractivity contribution in [2.75, 3.05) is 11.9 Å². The molecule has 0 spiro atoms. The molecule has 5 nitrogen and oxygen atoms in total. The highest BCUT2D eigenvalue weighted by Gasteiger charge is 2.23. The van der Waals surface area contributed by atoms with Crippen molar-refractivity contribution in [3.05, 3.63) is 65.2 Å². The summed E-state index contributed by atoms with van der Waals surface area (Å²) in [5, 5.41) is 9.02. The molecule has 2 aromatic rings. The summed E-state index contributed by atoms with van der Waals surface area (Å²) in [5.41, 5.74) is 1.72. The maximum absolute atomic E-state index is 12.5. The molecule has 0 saturated carbocycles. The van der Waals surface area contributed by atoms with Gasteiger partial charge in [0.25, 0.3) is 0 Å². The molecule has 0 aliphatic rings. The summed E-state index contributed by atoms with van der Waals surface area (Å²) in [4.78, 5) is 24.6. The van der Waals surface area contributed by atoms with Crippen molar-refractivity contribution in [1.29, 1.82) is 0 Å². The minimum absolute atomic E-state index is 0.0392. The number of para-hydroxylation sites is 1. The van der Waals surface area contributed by atoms with Gasteiger partial charge in [-0.15, -0.1) is 0 Å². The summed E-state index contributed by atoms with van der Waals surface area (Å²) in [6.07, 6.45) is 0.674. The Kier molecular flexibility index (Phi) is 7.48. The van der Waals surface area contributed by atoms with Gasteiger partial charge in [0.1, 0.15) is 6.04 Å². The van der Waals surface area contributed by atoms with E-state index in [9.17, 15) is 9.59 Å². The van der Waals surface area contributed by atoms with E-state index < -0.39 is 12.1 Å². The van der Waals surface area contributed by atoms with Crippen LogP contribution in [0.4, 0.5) is 10.5 Å². The maximum atomic E-state index is 12.5. The number of urea groups is 1. The highest BCUT2D eigenvalue weighted by atomic mass is 35.5. The Balaban J connectivity index is 1.85. The number of halogens is 1. The van der Waals surface area contributed by atoms with Crippen molar-refractivity contribution in [2.45, 2.75) is 26.3 Å². The third-order valence-electron chi connectivity index (χ3n) is 3.87. The SMILES string of the molecule is CC(C)[C@H](NC(=O)Nc1ccccc1)C(=O)NCCc1cccc(Cl)c1. The van der Waals surface area contributed by atoms with E-state index in [1.165, 1.54) is 0 Å². The van der Waals surface area contributed by atoms with E-state index in [-0.39, 0.29) is 11.8 Å². The fraction of sp³-hybridized carbons (Fsp3) is 0.300. The molecule has 3 N–H and O–H groups in total. The molecular weight excluding hydrogens is 350 g/mol. The van der Waals surface area contributed by atoms with Crippen molar-refractivity contribution in [3.8, 4) is 0 Å². The standard InChI is InChI=1S/C20H24ClN3O2/c1-14(2)18(24-20(26)23-17-9-4-3-5-10-17)19(25)22-12-11-15-7-6-8-16(21)13-15/h3-10,13-14,18H,11-12H2,1-2H3,(H,22,25)(H2,23,24,26)/t18-/m0/s1. The Morgan fingerprint density at radius 3 is 2.42 bits per heavy atom. The van der Waals surface area contributed by atoms with Crippen LogP contribution in [0.3, 0.4) is 0 Å². The number of carbonyl (C=O) groups excluding carboxylic acids is 2. The lowest BCUT2D eigenvalue weighted by Gasteiger charge is -2.22. The topological polar surface area (TPSA) is 70.2 Å². The summed E-state index contributed by atoms with van der Waals surface area (Å²) < 4.78 is 0. The summed E-state index contributed by atoms with van der Waals surface area (Å²) in [6, 6.07) is 15.6. The van der Waals surface area contributed by atoms with Crippen LogP contribution in [0.15, 0.2) is 54.6 Å². The van der Waals surface area contributed by atoms with Gasteiger partial charge in [0, 0.05) is 17.3 Å². The van der Waals surface area contributed by atoms with Gasteiger partial charge in [0.2, 0.25) is 5.91 Å². The lowest BCUT2D eigenvalue weighted by Crippen LogP contribution is -2.51. The first kappa shape index (κ1) is 19.8. The van der Waals surface area contributed by atoms with Crippen LogP contribution >= 0.6 is 11.6 Å². The summed E-state index contributed by atoms with van der Waals surface area (Å²) in [7, 11) is 0. The molecule has 6 heteroatoms. The third-order valence-corrected chi connectivity index (χ3v) is 4.10. The Hall–Kier alpha value is -2.53. The molecule has 2 rings (SSSR count). The first-order valence-electron chi connectivity index (χ1n) is 8.60. The average molecular weight is 374 g/mol. The largest absolute Gasteiger partial charge is 0.354 e. The van der Waals surface area contributed by atoms with Crippen molar-refractivity contribution in [1.82, 2.24) is 10.6 Å². The maximum Gasteiger partial charge on any atom is 0.319 e. The van der Waals surface area contributed by atoms with Gasteiger partial charge in [-0.25, -0.2) is 4.79 Å². The summed E-state index contributed by atoms with van der Waals surface area (Å²) in [5.74, 6) is -0.243. The van der Waals surface area contributed by atoms with Crippen LogP contribution in [0, 0.1) is 5.92 Å². The molecule has 0 aliphatic carbocycles. The molecular formula is C20H24ClN3O2. The van der Waals surface area contributed by atoms with Crippen molar-refractivity contribution in [2.24, 2.45) is 5.92 Å². The van der Waals surface area contributed by atoms with E-state index in [0.29, 0.717) is 23.7 Å². The van der Waals surface area contributed by atoms with E-state index in [1.807, 2.05) is 56.3 Å². The lowest BCUT2D eigenvalue weighted by molar-refractivity contribution is -0.123. The molecule has 138 valence electrons. The molecule has 0 fully saturated rings. The van der Waals surface area contributed by atoms with Gasteiger partial charge in [0.05, 0.1) is 0 Å². The Morgan fingerprint density at radius 2 is 1.77 bits per heavy atom. The molecule has 0 bridgehead atoms. The smallest absolute Gasteiger partial charge is 0.319 e. The summed E-state index contributed by atoms with van der Waals surface area (Å²) >= 11 is 5.96. The number of carbonyl (C=O) groups is 2. The predicted octanol–water partition coefficient (Wildman–Crippen LogP) is 3.85. The quantitative estimate of drug-likeness (QED) is 0.690. The Labute approximate surface area is 159 Å². The number of hydrogen-bond donors (Lipinski definition) is 3. The molecule has 2 aromatic carbocycles. The van der Waals surface area contributed by atoms with Gasteiger partial charge in [-0.2, -0.15) is 0 Å². The summed E-state index contributed by atoms with van der Waals surface area (Å²) in [6.45, 7) is 4.26. The van der Waals surface area contributed by atoms with Gasteiger partial charge in [-0.3, -0.25) is 4.79 Å². The second kappa shape index (κ2) is 9.82. The third kappa shape index (κ3) is 6.41. The highest BCUT2D eigenvalue weighted by Crippen LogP contribution is 2.11. The zero-order valence-corrected chi connectivity index (χ0v) is 15.7. The number of benzene rings is 2. The van der Waals surface area contributed by atoms with E-state index in [1.54, 1.807) is 12.1 Å². The van der Waals surface area contributed by atoms with E-state index >= 15 is 0 Å². The minimum atomic E-state index is -0.613. The van der Waals surface area contributed by atoms with Crippen molar-refractivity contribution >= 4 is 29.2 Å². The zero-order chi connectivity index (χ0) is 18.9. The van der Waals surface area contributed by atoms with Crippen LogP contribution in [0.5, 0.6) is 0 Å². The van der Waals surface area contributed by atoms with Crippen molar-refractivity contribution in [3.63, 3.8) is 0 Å². The normalized spacial score (nSPS) is 11.7. The van der Waals surface area contributed by atoms with E-state index in [0.717, 1.165) is 5.56 Å². The number of rotatable bonds is 7. The lowest BCUT2D eigenvalue weighted by atomic mass is 10.0. The first-order chi connectivity index (χ1) is 12.5. The van der Waals surface area contributed by atoms with Gasteiger partial charge in [-0.1, -0.05) is 55.8 Å². The van der Waals surface area contributed by atoms with Crippen LogP contribution in [0.1, 0.15) is 19.4 Å². The molecule has 0 radical (unpaired) electrons. The first-order valence-corrected chi connectivity index (χ1v) is 8.98. The van der Waals surface area contributed by atoms with Gasteiger partial charge < -0.3 is 16.0 Å². The molecule has 0 aromatic heterocycles. The predicted molar refractivity (Wildman–Crippen MR) is 105 cm³/mol. The highest BCUT2D eigenvalue weighted by molar-refractivity contribution is 6.30. The Bertz CT molecular complexity index is 735. The van der Waals surface area contributed by atoms with Crippen LogP contribution < -0.4 is 16.0 Å². The molecule has 0 unspecified atom stereocenters. The van der Waals surface area contributed by atoms with E-state index in [4.69, 9.17) is 11.6 Å². The number of nitrogens with one attached hydrogen (secondary N) is 3. The number of hydrogen-bond acceptors (Lipinski definition) is 2. The molecule has 0 heterocycles. The van der Waals surface area contributed by atoms with Crippen LogP contribution in [-0.4, -0.2) is 24.5 Å². The van der Waals surface area contributed by atoms with E-state index in [2.05, 4.69) is 16.0 Å². The molecule has 3 amide bonds. The second-order valence-corrected chi connectivity index (χ2v) is 6.79. The zero-order valence-electron chi connectivity index (χ0n) is 15.0. The molecule has 26 heavy (non-hydrogen) atoms. The van der Waals surface area contributed by atoms with Crippen LogP contribution in [-0.2, 0) is 11.2 Å². The Morgan fingerprint density at radius 1 is 1.04 bits per heavy atom. The number of amides is 3. The molecule has 0 saturated heterocycles. The average Bonchev–Trinajstić information content (AvgIpc) is 2.60. The van der Waals surface area contributed by atoms with Crippen LogP contribution in [0.2, 0.25) is 5.02 Å². The van der Waals surface area contributed by atoms with Gasteiger partial charge >= 0.3 is 6.03 Å². The molecule has 0 aliphatic heterocycles.